The van der Waals surface area contributed by atoms with Crippen LogP contribution < -0.4 is 14.8 Å². The van der Waals surface area contributed by atoms with E-state index in [-0.39, 0.29) is 0 Å². The number of ether oxygens (including phenoxy) is 2. The van der Waals surface area contributed by atoms with E-state index in [9.17, 15) is 4.79 Å². The molecule has 142 valence electrons. The first kappa shape index (κ1) is 20.5. The van der Waals surface area contributed by atoms with E-state index < -0.39 is 18.3 Å². The fraction of sp³-hybridized carbons (Fsp3) is 0.526. The molecule has 0 amide bonds. The summed E-state index contributed by atoms with van der Waals surface area (Å²) >= 11 is 0. The fourth-order valence-corrected chi connectivity index (χ4v) is 2.74. The minimum Gasteiger partial charge on any atom is -0.493 e. The highest BCUT2D eigenvalue weighted by Crippen LogP contribution is 2.39. The van der Waals surface area contributed by atoms with E-state index in [1.54, 1.807) is 26.4 Å². The lowest BCUT2D eigenvalue weighted by Crippen LogP contribution is -2.41. The van der Waals surface area contributed by atoms with Gasteiger partial charge in [0.1, 0.15) is 0 Å². The third-order valence-corrected chi connectivity index (χ3v) is 4.99. The number of benzene rings is 1. The molecule has 0 bridgehead atoms. The molecule has 2 rings (SSSR count). The van der Waals surface area contributed by atoms with Gasteiger partial charge in [-0.2, -0.15) is 0 Å². The summed E-state index contributed by atoms with van der Waals surface area (Å²) in [6.45, 7) is 8.60. The second kappa shape index (κ2) is 7.82. The van der Waals surface area contributed by atoms with Gasteiger partial charge in [0.15, 0.2) is 17.8 Å². The maximum Gasteiger partial charge on any atom is 0.491 e. The monoisotopic (exact) mass is 361 g/mol. The van der Waals surface area contributed by atoms with Crippen molar-refractivity contribution < 1.29 is 23.6 Å². The van der Waals surface area contributed by atoms with Gasteiger partial charge in [-0.15, -0.1) is 0 Å². The summed E-state index contributed by atoms with van der Waals surface area (Å²) in [6, 6.07) is 3.45. The molecule has 1 saturated heterocycles. The van der Waals surface area contributed by atoms with Crippen molar-refractivity contribution in [2.24, 2.45) is 0 Å². The predicted octanol–water partition coefficient (Wildman–Crippen LogP) is 2.75. The molecule has 1 aromatic rings. The Labute approximate surface area is 156 Å². The Morgan fingerprint density at radius 3 is 2.00 bits per heavy atom. The number of rotatable bonds is 7. The smallest absolute Gasteiger partial charge is 0.491 e. The number of hydrogen-bond donors (Lipinski definition) is 1. The molecular weight excluding hydrogens is 333 g/mol. The van der Waals surface area contributed by atoms with E-state index in [1.807, 2.05) is 40.8 Å². The number of aldehydes is 1. The number of nitrogens with one attached hydrogen (secondary N) is 1. The molecule has 1 heterocycles. The Kier molecular flexibility index (Phi) is 6.16. The highest BCUT2D eigenvalue weighted by molar-refractivity contribution is 6.56. The summed E-state index contributed by atoms with van der Waals surface area (Å²) in [4.78, 5) is 11.6. The number of likely N-dealkylation sites (N-methyl/N-ethyl adjacent to an activating group) is 1. The number of methoxy groups -OCH3 is 2. The maximum absolute atomic E-state index is 11.6. The van der Waals surface area contributed by atoms with Crippen LogP contribution in [0.2, 0.25) is 0 Å². The van der Waals surface area contributed by atoms with Gasteiger partial charge in [0, 0.05) is 12.1 Å². The van der Waals surface area contributed by atoms with Gasteiger partial charge in [-0.05, 0) is 57.9 Å². The lowest BCUT2D eigenvalue weighted by Gasteiger charge is -2.32. The third kappa shape index (κ3) is 3.95. The Morgan fingerprint density at radius 2 is 1.58 bits per heavy atom. The van der Waals surface area contributed by atoms with Crippen molar-refractivity contribution in [1.29, 1.82) is 0 Å². The zero-order valence-electron chi connectivity index (χ0n) is 16.6. The summed E-state index contributed by atoms with van der Waals surface area (Å²) in [5.41, 5.74) is 1.25. The molecule has 1 aromatic carbocycles. The first-order valence-electron chi connectivity index (χ1n) is 8.61. The normalized spacial score (nSPS) is 18.7. The third-order valence-electron chi connectivity index (χ3n) is 4.99. The maximum atomic E-state index is 11.6. The lowest BCUT2D eigenvalue weighted by molar-refractivity contribution is 0.00578. The second-order valence-corrected chi connectivity index (χ2v) is 7.29. The molecule has 1 N–H and O–H groups in total. The van der Waals surface area contributed by atoms with Gasteiger partial charge in [-0.3, -0.25) is 4.79 Å². The Balaban J connectivity index is 2.48. The predicted molar refractivity (Wildman–Crippen MR) is 103 cm³/mol. The minimum atomic E-state index is -0.500. The van der Waals surface area contributed by atoms with Crippen molar-refractivity contribution in [3.8, 4) is 11.5 Å². The topological polar surface area (TPSA) is 66.0 Å². The zero-order valence-corrected chi connectivity index (χ0v) is 16.6. The summed E-state index contributed by atoms with van der Waals surface area (Å²) in [7, 11) is 4.46. The quantitative estimate of drug-likeness (QED) is 0.595. The standard InChI is InChI=1S/C19H28BNO5/c1-18(2)19(3,4)26-20(25-18)15(11-21-5)8-13-9-16(23-6)17(24-7)10-14(13)12-22/h8-10,12,21H,11H2,1-7H3. The Bertz CT molecular complexity index is 683. The number of carbonyl (C=O) groups excluding carboxylic acids is 1. The first-order chi connectivity index (χ1) is 12.2. The van der Waals surface area contributed by atoms with Crippen molar-refractivity contribution in [2.45, 2.75) is 38.9 Å². The molecule has 0 radical (unpaired) electrons. The minimum absolute atomic E-state index is 0.435. The van der Waals surface area contributed by atoms with Crippen LogP contribution in [0, 0.1) is 0 Å². The van der Waals surface area contributed by atoms with Crippen LogP contribution in [0.1, 0.15) is 43.6 Å². The molecule has 7 heteroatoms. The first-order valence-corrected chi connectivity index (χ1v) is 8.61. The molecule has 6 nitrogen and oxygen atoms in total. The van der Waals surface area contributed by atoms with Crippen LogP contribution in [-0.2, 0) is 9.31 Å². The van der Waals surface area contributed by atoms with Crippen LogP contribution in [-0.4, -0.2) is 52.4 Å². The molecule has 1 aliphatic heterocycles. The van der Waals surface area contributed by atoms with Crippen LogP contribution in [0.25, 0.3) is 6.08 Å². The van der Waals surface area contributed by atoms with Gasteiger partial charge in [0.2, 0.25) is 0 Å². The van der Waals surface area contributed by atoms with E-state index >= 15 is 0 Å². The Morgan fingerprint density at radius 1 is 1.08 bits per heavy atom. The van der Waals surface area contributed by atoms with Gasteiger partial charge in [-0.25, -0.2) is 0 Å². The van der Waals surface area contributed by atoms with Gasteiger partial charge in [-0.1, -0.05) is 6.08 Å². The van der Waals surface area contributed by atoms with Gasteiger partial charge < -0.3 is 24.1 Å². The zero-order chi connectivity index (χ0) is 19.5. The van der Waals surface area contributed by atoms with Crippen LogP contribution in [0.3, 0.4) is 0 Å². The molecule has 26 heavy (non-hydrogen) atoms. The highest BCUT2D eigenvalue weighted by Gasteiger charge is 2.52. The van der Waals surface area contributed by atoms with E-state index in [0.29, 0.717) is 23.6 Å². The average Bonchev–Trinajstić information content (AvgIpc) is 2.81. The van der Waals surface area contributed by atoms with Crippen molar-refractivity contribution in [3.63, 3.8) is 0 Å². The van der Waals surface area contributed by atoms with Crippen LogP contribution in [0.5, 0.6) is 11.5 Å². The summed E-state index contributed by atoms with van der Waals surface area (Å²) in [6.07, 6.45) is 2.71. The van der Waals surface area contributed by atoms with E-state index in [1.165, 1.54) is 0 Å². The molecule has 1 fully saturated rings. The van der Waals surface area contributed by atoms with Crippen LogP contribution >= 0.6 is 0 Å². The molecule has 0 spiro atoms. The number of carbonyl (C=O) groups is 1. The second-order valence-electron chi connectivity index (χ2n) is 7.29. The molecular formula is C19H28BNO5. The SMILES string of the molecule is CNCC(=Cc1cc(OC)c(OC)cc1C=O)B1OC(C)(C)C(C)(C)O1. The van der Waals surface area contributed by atoms with Gasteiger partial charge in [0.05, 0.1) is 25.4 Å². The van der Waals surface area contributed by atoms with Crippen molar-refractivity contribution in [2.75, 3.05) is 27.8 Å². The molecule has 0 aromatic heterocycles. The summed E-state index contributed by atoms with van der Waals surface area (Å²) < 4.78 is 22.9. The van der Waals surface area contributed by atoms with Gasteiger partial charge >= 0.3 is 7.12 Å². The molecule has 0 unspecified atom stereocenters. The van der Waals surface area contributed by atoms with Crippen molar-refractivity contribution >= 4 is 19.5 Å². The fourth-order valence-electron chi connectivity index (χ4n) is 2.74. The van der Waals surface area contributed by atoms with Gasteiger partial charge in [0.25, 0.3) is 0 Å². The largest absolute Gasteiger partial charge is 0.493 e. The summed E-state index contributed by atoms with van der Waals surface area (Å²) in [5.74, 6) is 1.07. The van der Waals surface area contributed by atoms with Crippen LogP contribution in [0.15, 0.2) is 17.6 Å². The highest BCUT2D eigenvalue weighted by atomic mass is 16.7. The van der Waals surface area contributed by atoms with E-state index in [0.717, 1.165) is 17.3 Å². The number of hydrogen-bond acceptors (Lipinski definition) is 6. The van der Waals surface area contributed by atoms with E-state index in [2.05, 4.69) is 5.32 Å². The van der Waals surface area contributed by atoms with Crippen molar-refractivity contribution in [3.05, 3.63) is 28.7 Å². The molecule has 0 atom stereocenters. The molecule has 1 aliphatic rings. The average molecular weight is 361 g/mol. The van der Waals surface area contributed by atoms with Crippen molar-refractivity contribution in [1.82, 2.24) is 5.32 Å². The Hall–Kier alpha value is -1.83. The van der Waals surface area contributed by atoms with Crippen LogP contribution in [0.4, 0.5) is 0 Å². The summed E-state index contributed by atoms with van der Waals surface area (Å²) in [5, 5.41) is 3.14. The molecule has 0 saturated carbocycles. The molecule has 0 aliphatic carbocycles. The lowest BCUT2D eigenvalue weighted by atomic mass is 9.76. The van der Waals surface area contributed by atoms with E-state index in [4.69, 9.17) is 18.8 Å².